The van der Waals surface area contributed by atoms with Crippen molar-refractivity contribution in [2.75, 3.05) is 19.7 Å². The average molecular weight is 511 g/mol. The van der Waals surface area contributed by atoms with Crippen molar-refractivity contribution in [1.29, 1.82) is 0 Å². The van der Waals surface area contributed by atoms with Crippen LogP contribution in [0.1, 0.15) is 41.4 Å². The first kappa shape index (κ1) is 25.4. The molecule has 1 aliphatic rings. The molecule has 1 atom stereocenters. The number of amides is 1. The van der Waals surface area contributed by atoms with Gasteiger partial charge < -0.3 is 9.64 Å². The van der Waals surface area contributed by atoms with Crippen molar-refractivity contribution >= 4 is 23.5 Å². The van der Waals surface area contributed by atoms with E-state index in [0.717, 1.165) is 20.4 Å². The summed E-state index contributed by atoms with van der Waals surface area (Å²) in [6.45, 7) is 4.33. The van der Waals surface area contributed by atoms with Crippen LogP contribution in [0.2, 0.25) is 5.02 Å². The minimum Gasteiger partial charge on any atom is -0.466 e. The van der Waals surface area contributed by atoms with Gasteiger partial charge in [0.1, 0.15) is 0 Å². The van der Waals surface area contributed by atoms with E-state index in [-0.39, 0.29) is 31.4 Å². The number of aryl methyl sites for hydroxylation is 1. The summed E-state index contributed by atoms with van der Waals surface area (Å²) in [5, 5.41) is 4.67. The zero-order chi connectivity index (χ0) is 25.8. The monoisotopic (exact) mass is 510 g/mol. The lowest BCUT2D eigenvalue weighted by Crippen LogP contribution is -2.49. The minimum absolute atomic E-state index is 0.0216. The molecule has 0 unspecified atom stereocenters. The summed E-state index contributed by atoms with van der Waals surface area (Å²) in [6, 6.07) is 13.8. The maximum atomic E-state index is 13.5. The predicted octanol–water partition coefficient (Wildman–Crippen LogP) is 2.82. The molecule has 2 aromatic carbocycles. The number of hydrogen-bond acceptors (Lipinski definition) is 6. The molecule has 36 heavy (non-hydrogen) atoms. The van der Waals surface area contributed by atoms with Gasteiger partial charge in [-0.2, -0.15) is 9.78 Å². The third-order valence-electron chi connectivity index (χ3n) is 6.25. The molecule has 1 amide bonds. The molecule has 188 valence electrons. The fraction of sp³-hybridized carbons (Fsp3) is 0.346. The van der Waals surface area contributed by atoms with E-state index in [1.54, 1.807) is 31.2 Å². The Morgan fingerprint density at radius 2 is 1.83 bits per heavy atom. The standard InChI is InChI=1S/C26H27ClN4O5/c1-3-36-25(34)19-9-6-14-29(15-19)23(32)22-24(33)30(16-18-8-5-4-7-17(18)2)26(35)31(28-22)21-12-10-20(27)11-13-21/h4-5,7-8,10-13,19H,3,6,9,14-16H2,1-2H3/t19-/m1/s1. The zero-order valence-electron chi connectivity index (χ0n) is 20.1. The number of halogens is 1. The predicted molar refractivity (Wildman–Crippen MR) is 135 cm³/mol. The van der Waals surface area contributed by atoms with Crippen LogP contribution in [-0.4, -0.2) is 50.8 Å². The number of nitrogens with zero attached hydrogens (tertiary/aromatic N) is 4. The molecule has 0 spiro atoms. The molecule has 0 saturated carbocycles. The Bertz CT molecular complexity index is 1400. The van der Waals surface area contributed by atoms with Crippen molar-refractivity contribution in [1.82, 2.24) is 19.2 Å². The van der Waals surface area contributed by atoms with E-state index in [0.29, 0.717) is 30.1 Å². The maximum Gasteiger partial charge on any atom is 0.352 e. The van der Waals surface area contributed by atoms with Crippen molar-refractivity contribution in [3.8, 4) is 5.69 Å². The van der Waals surface area contributed by atoms with E-state index < -0.39 is 23.1 Å². The molecule has 9 nitrogen and oxygen atoms in total. The molecule has 0 radical (unpaired) electrons. The van der Waals surface area contributed by atoms with Crippen LogP contribution in [0.15, 0.2) is 58.1 Å². The van der Waals surface area contributed by atoms with Gasteiger partial charge in [0.2, 0.25) is 5.69 Å². The molecule has 1 aromatic heterocycles. The highest BCUT2D eigenvalue weighted by molar-refractivity contribution is 6.30. The van der Waals surface area contributed by atoms with E-state index in [1.165, 1.54) is 4.90 Å². The largest absolute Gasteiger partial charge is 0.466 e. The van der Waals surface area contributed by atoms with Gasteiger partial charge in [-0.05, 0) is 62.1 Å². The Morgan fingerprint density at radius 3 is 2.53 bits per heavy atom. The second-order valence-corrected chi connectivity index (χ2v) is 9.12. The second-order valence-electron chi connectivity index (χ2n) is 8.68. The van der Waals surface area contributed by atoms with E-state index in [4.69, 9.17) is 16.3 Å². The summed E-state index contributed by atoms with van der Waals surface area (Å²) in [4.78, 5) is 54.1. The molecule has 3 aromatic rings. The Morgan fingerprint density at radius 1 is 1.11 bits per heavy atom. The van der Waals surface area contributed by atoms with Crippen molar-refractivity contribution in [3.05, 3.63) is 91.2 Å². The topological polar surface area (TPSA) is 104 Å². The smallest absolute Gasteiger partial charge is 0.352 e. The number of hydrogen-bond donors (Lipinski definition) is 0. The molecule has 4 rings (SSSR count). The van der Waals surface area contributed by atoms with E-state index >= 15 is 0 Å². The van der Waals surface area contributed by atoms with Gasteiger partial charge in [0.25, 0.3) is 11.5 Å². The number of piperidine rings is 1. The van der Waals surface area contributed by atoms with Gasteiger partial charge in [-0.1, -0.05) is 35.9 Å². The molecular weight excluding hydrogens is 484 g/mol. The Balaban J connectivity index is 1.79. The number of rotatable bonds is 6. The summed E-state index contributed by atoms with van der Waals surface area (Å²) in [6.07, 6.45) is 1.18. The van der Waals surface area contributed by atoms with Gasteiger partial charge in [0.15, 0.2) is 0 Å². The SMILES string of the molecule is CCOC(=O)[C@@H]1CCCN(C(=O)c2nn(-c3ccc(Cl)cc3)c(=O)n(Cc3ccccc3C)c2=O)C1. The number of carbonyl (C=O) groups excluding carboxylic acids is 2. The third kappa shape index (κ3) is 5.26. The summed E-state index contributed by atoms with van der Waals surface area (Å²) in [7, 11) is 0. The summed E-state index contributed by atoms with van der Waals surface area (Å²) < 4.78 is 7.18. The summed E-state index contributed by atoms with van der Waals surface area (Å²) in [5.41, 5.74) is 0.189. The molecule has 0 N–H and O–H groups in total. The van der Waals surface area contributed by atoms with E-state index in [1.807, 2.05) is 31.2 Å². The van der Waals surface area contributed by atoms with Crippen LogP contribution in [0.4, 0.5) is 0 Å². The summed E-state index contributed by atoms with van der Waals surface area (Å²) in [5.74, 6) is -1.47. The van der Waals surface area contributed by atoms with Crippen molar-refractivity contribution < 1.29 is 14.3 Å². The lowest BCUT2D eigenvalue weighted by atomic mass is 9.98. The van der Waals surface area contributed by atoms with Crippen molar-refractivity contribution in [2.24, 2.45) is 5.92 Å². The fourth-order valence-corrected chi connectivity index (χ4v) is 4.39. The van der Waals surface area contributed by atoms with Gasteiger partial charge in [-0.3, -0.25) is 19.0 Å². The number of aromatic nitrogens is 3. The third-order valence-corrected chi connectivity index (χ3v) is 6.50. The molecule has 2 heterocycles. The number of esters is 1. The highest BCUT2D eigenvalue weighted by atomic mass is 35.5. The molecule has 1 fully saturated rings. The van der Waals surface area contributed by atoms with Crippen molar-refractivity contribution in [3.63, 3.8) is 0 Å². The van der Waals surface area contributed by atoms with E-state index in [9.17, 15) is 19.2 Å². The van der Waals surface area contributed by atoms with Crippen LogP contribution in [0.5, 0.6) is 0 Å². The Kier molecular flexibility index (Phi) is 7.69. The van der Waals surface area contributed by atoms with Crippen LogP contribution in [-0.2, 0) is 16.1 Å². The van der Waals surface area contributed by atoms with Gasteiger partial charge in [-0.25, -0.2) is 4.79 Å². The first-order valence-corrected chi connectivity index (χ1v) is 12.2. The first-order valence-electron chi connectivity index (χ1n) is 11.8. The highest BCUT2D eigenvalue weighted by Gasteiger charge is 2.32. The minimum atomic E-state index is -0.781. The molecule has 0 bridgehead atoms. The van der Waals surface area contributed by atoms with Crippen LogP contribution >= 0.6 is 11.6 Å². The number of ether oxygens (including phenoxy) is 1. The molecule has 10 heteroatoms. The van der Waals surface area contributed by atoms with Gasteiger partial charge in [0.05, 0.1) is 24.8 Å². The van der Waals surface area contributed by atoms with Crippen LogP contribution in [0, 0.1) is 12.8 Å². The lowest BCUT2D eigenvalue weighted by molar-refractivity contribution is -0.149. The Hall–Kier alpha value is -3.72. The van der Waals surface area contributed by atoms with Gasteiger partial charge in [0, 0.05) is 18.1 Å². The van der Waals surface area contributed by atoms with E-state index in [2.05, 4.69) is 5.10 Å². The molecule has 0 aliphatic carbocycles. The average Bonchev–Trinajstić information content (AvgIpc) is 2.88. The highest BCUT2D eigenvalue weighted by Crippen LogP contribution is 2.19. The quantitative estimate of drug-likeness (QED) is 0.472. The number of likely N-dealkylation sites (tertiary alicyclic amines) is 1. The second kappa shape index (κ2) is 10.9. The molecule has 1 saturated heterocycles. The Labute approximate surface area is 212 Å². The normalized spacial score (nSPS) is 15.5. The zero-order valence-corrected chi connectivity index (χ0v) is 20.9. The first-order chi connectivity index (χ1) is 17.3. The van der Waals surface area contributed by atoms with Crippen LogP contribution in [0.25, 0.3) is 5.69 Å². The number of benzene rings is 2. The fourth-order valence-electron chi connectivity index (χ4n) is 4.26. The van der Waals surface area contributed by atoms with Crippen molar-refractivity contribution in [2.45, 2.75) is 33.2 Å². The molecular formula is C26H27ClN4O5. The lowest BCUT2D eigenvalue weighted by Gasteiger charge is -2.31. The van der Waals surface area contributed by atoms with Gasteiger partial charge >= 0.3 is 11.7 Å². The van der Waals surface area contributed by atoms with Crippen LogP contribution in [0.3, 0.4) is 0 Å². The van der Waals surface area contributed by atoms with Gasteiger partial charge in [-0.15, -0.1) is 0 Å². The summed E-state index contributed by atoms with van der Waals surface area (Å²) >= 11 is 6.00. The number of carbonyl (C=O) groups is 2. The maximum absolute atomic E-state index is 13.5. The molecule has 1 aliphatic heterocycles. The van der Waals surface area contributed by atoms with Crippen LogP contribution < -0.4 is 11.2 Å².